The van der Waals surface area contributed by atoms with Crippen LogP contribution in [0.15, 0.2) is 46.9 Å². The van der Waals surface area contributed by atoms with Gasteiger partial charge in [-0.2, -0.15) is 0 Å². The predicted molar refractivity (Wildman–Crippen MR) is 108 cm³/mol. The average Bonchev–Trinajstić information content (AvgIpc) is 2.62. The molecule has 0 saturated carbocycles. The van der Waals surface area contributed by atoms with Gasteiger partial charge >= 0.3 is 6.03 Å². The molecule has 0 bridgehead atoms. The number of hydrogen-bond acceptors (Lipinski definition) is 3. The van der Waals surface area contributed by atoms with Crippen LogP contribution in [-0.4, -0.2) is 30.9 Å². The number of nitrogens with two attached hydrogens (primary N) is 1. The van der Waals surface area contributed by atoms with E-state index >= 15 is 0 Å². The van der Waals surface area contributed by atoms with Gasteiger partial charge in [0.2, 0.25) is 11.8 Å². The van der Waals surface area contributed by atoms with Crippen LogP contribution in [0.4, 0.5) is 10.5 Å². The van der Waals surface area contributed by atoms with Gasteiger partial charge in [0, 0.05) is 22.3 Å². The van der Waals surface area contributed by atoms with Crippen LogP contribution < -0.4 is 21.7 Å². The molecule has 4 amide bonds. The van der Waals surface area contributed by atoms with Crippen LogP contribution in [0, 0.1) is 6.92 Å². The fraction of sp³-hybridized carbons (Fsp3) is 0.211. The largest absolute Gasteiger partial charge is 0.366 e. The van der Waals surface area contributed by atoms with E-state index in [1.807, 2.05) is 25.1 Å². The van der Waals surface area contributed by atoms with Crippen molar-refractivity contribution in [2.24, 2.45) is 5.73 Å². The first-order valence-electron chi connectivity index (χ1n) is 8.31. The van der Waals surface area contributed by atoms with Crippen molar-refractivity contribution in [1.82, 2.24) is 10.6 Å². The van der Waals surface area contributed by atoms with Crippen LogP contribution in [0.3, 0.4) is 0 Å². The maximum Gasteiger partial charge on any atom is 0.315 e. The van der Waals surface area contributed by atoms with E-state index in [-0.39, 0.29) is 12.5 Å². The van der Waals surface area contributed by atoms with Gasteiger partial charge in [0.05, 0.1) is 6.54 Å². The number of halogens is 1. The molecule has 2 aromatic carbocycles. The molecule has 0 fully saturated rings. The summed E-state index contributed by atoms with van der Waals surface area (Å²) in [7, 11) is 0. The third-order valence-electron chi connectivity index (χ3n) is 3.78. The van der Waals surface area contributed by atoms with E-state index in [0.29, 0.717) is 24.2 Å². The molecule has 0 aromatic heterocycles. The van der Waals surface area contributed by atoms with Crippen molar-refractivity contribution in [3.05, 3.63) is 63.6 Å². The number of primary amides is 1. The molecular weight excluding hydrogens is 412 g/mol. The quantitative estimate of drug-likeness (QED) is 0.538. The number of hydrogen-bond donors (Lipinski definition) is 4. The number of urea groups is 1. The molecule has 142 valence electrons. The highest BCUT2D eigenvalue weighted by Gasteiger charge is 2.08. The van der Waals surface area contributed by atoms with Crippen LogP contribution in [0.1, 0.15) is 21.5 Å². The summed E-state index contributed by atoms with van der Waals surface area (Å²) in [5.41, 5.74) is 8.16. The number of aryl methyl sites for hydroxylation is 1. The minimum atomic E-state index is -0.491. The lowest BCUT2D eigenvalue weighted by Crippen LogP contribution is -2.40. The lowest BCUT2D eigenvalue weighted by molar-refractivity contribution is -0.115. The molecule has 2 rings (SSSR count). The molecule has 8 heteroatoms. The number of amides is 4. The maximum absolute atomic E-state index is 11.9. The van der Waals surface area contributed by atoms with Gasteiger partial charge in [-0.15, -0.1) is 0 Å². The molecule has 0 spiro atoms. The smallest absolute Gasteiger partial charge is 0.315 e. The fourth-order valence-electron chi connectivity index (χ4n) is 2.39. The molecule has 0 aliphatic rings. The van der Waals surface area contributed by atoms with Gasteiger partial charge in [0.15, 0.2) is 0 Å². The Morgan fingerprint density at radius 3 is 2.56 bits per heavy atom. The summed E-state index contributed by atoms with van der Waals surface area (Å²) in [4.78, 5) is 34.9. The second kappa shape index (κ2) is 9.72. The minimum Gasteiger partial charge on any atom is -0.366 e. The zero-order chi connectivity index (χ0) is 19.8. The van der Waals surface area contributed by atoms with Gasteiger partial charge in [-0.05, 0) is 54.8 Å². The van der Waals surface area contributed by atoms with Crippen LogP contribution in [0.5, 0.6) is 0 Å². The molecule has 0 heterocycles. The van der Waals surface area contributed by atoms with E-state index in [9.17, 15) is 14.4 Å². The summed E-state index contributed by atoms with van der Waals surface area (Å²) in [6.07, 6.45) is 0.541. The molecule has 0 saturated heterocycles. The van der Waals surface area contributed by atoms with Gasteiger partial charge in [0.25, 0.3) is 0 Å². The van der Waals surface area contributed by atoms with E-state index < -0.39 is 11.9 Å². The zero-order valence-electron chi connectivity index (χ0n) is 14.8. The Bertz CT molecular complexity index is 855. The lowest BCUT2D eigenvalue weighted by Gasteiger charge is -2.10. The summed E-state index contributed by atoms with van der Waals surface area (Å²) >= 11 is 3.36. The zero-order valence-corrected chi connectivity index (χ0v) is 16.4. The molecule has 0 unspecified atom stereocenters. The highest BCUT2D eigenvalue weighted by Crippen LogP contribution is 2.19. The molecule has 0 aliphatic carbocycles. The second-order valence-electron chi connectivity index (χ2n) is 5.93. The van der Waals surface area contributed by atoms with E-state index in [0.717, 1.165) is 15.6 Å². The normalized spacial score (nSPS) is 10.1. The van der Waals surface area contributed by atoms with Crippen LogP contribution in [-0.2, 0) is 11.2 Å². The first-order valence-corrected chi connectivity index (χ1v) is 9.11. The Morgan fingerprint density at radius 2 is 1.85 bits per heavy atom. The second-order valence-corrected chi connectivity index (χ2v) is 6.85. The van der Waals surface area contributed by atoms with Gasteiger partial charge in [0.1, 0.15) is 0 Å². The first-order chi connectivity index (χ1) is 12.8. The summed E-state index contributed by atoms with van der Waals surface area (Å²) in [6.45, 7) is 2.10. The van der Waals surface area contributed by atoms with Crippen LogP contribution in [0.2, 0.25) is 0 Å². The summed E-state index contributed by atoms with van der Waals surface area (Å²) in [5, 5.41) is 7.91. The molecular formula is C19H21BrN4O3. The van der Waals surface area contributed by atoms with E-state index in [1.165, 1.54) is 0 Å². The minimum absolute atomic E-state index is 0.140. The van der Waals surface area contributed by atoms with Gasteiger partial charge in [-0.25, -0.2) is 4.79 Å². The highest BCUT2D eigenvalue weighted by molar-refractivity contribution is 9.10. The molecule has 5 N–H and O–H groups in total. The number of anilines is 1. The molecule has 7 nitrogen and oxygen atoms in total. The van der Waals surface area contributed by atoms with Gasteiger partial charge in [-0.3, -0.25) is 9.59 Å². The molecule has 0 aliphatic heterocycles. The predicted octanol–water partition coefficient (Wildman–Crippen LogP) is 2.34. The monoisotopic (exact) mass is 432 g/mol. The van der Waals surface area contributed by atoms with E-state index in [2.05, 4.69) is 31.9 Å². The molecule has 2 aromatic rings. The number of rotatable bonds is 7. The highest BCUT2D eigenvalue weighted by atomic mass is 79.9. The third-order valence-corrected chi connectivity index (χ3v) is 4.28. The fourth-order valence-corrected chi connectivity index (χ4v) is 2.86. The Morgan fingerprint density at radius 1 is 1.07 bits per heavy atom. The summed E-state index contributed by atoms with van der Waals surface area (Å²) < 4.78 is 0.928. The van der Waals surface area contributed by atoms with E-state index in [1.54, 1.807) is 24.3 Å². The van der Waals surface area contributed by atoms with Crippen molar-refractivity contribution in [1.29, 1.82) is 0 Å². The number of carbonyl (C=O) groups excluding carboxylic acids is 3. The van der Waals surface area contributed by atoms with Crippen molar-refractivity contribution in [3.63, 3.8) is 0 Å². The Kier molecular flexibility index (Phi) is 7.36. The molecule has 27 heavy (non-hydrogen) atoms. The van der Waals surface area contributed by atoms with Crippen molar-refractivity contribution in [2.75, 3.05) is 18.4 Å². The van der Waals surface area contributed by atoms with E-state index in [4.69, 9.17) is 5.73 Å². The summed E-state index contributed by atoms with van der Waals surface area (Å²) in [5.74, 6) is -0.806. The third kappa shape index (κ3) is 6.74. The van der Waals surface area contributed by atoms with Crippen molar-refractivity contribution >= 4 is 39.5 Å². The van der Waals surface area contributed by atoms with Crippen LogP contribution in [0.25, 0.3) is 0 Å². The SMILES string of the molecule is Cc1cc(Br)ccc1NC(=O)CNC(=O)NCCc1cccc(C(N)=O)c1. The van der Waals surface area contributed by atoms with Gasteiger partial charge < -0.3 is 21.7 Å². The average molecular weight is 433 g/mol. The Labute approximate surface area is 165 Å². The molecule has 0 radical (unpaired) electrons. The standard InChI is InChI=1S/C19H21BrN4O3/c1-12-9-15(20)5-6-16(12)24-17(25)11-23-19(27)22-8-7-13-3-2-4-14(10-13)18(21)26/h2-6,9-10H,7-8,11H2,1H3,(H2,21,26)(H,24,25)(H2,22,23,27). The number of benzene rings is 2. The van der Waals surface area contributed by atoms with Crippen molar-refractivity contribution < 1.29 is 14.4 Å². The number of carbonyl (C=O) groups is 3. The van der Waals surface area contributed by atoms with Gasteiger partial charge in [-0.1, -0.05) is 28.1 Å². The van der Waals surface area contributed by atoms with Crippen LogP contribution >= 0.6 is 15.9 Å². The van der Waals surface area contributed by atoms with Crippen molar-refractivity contribution in [3.8, 4) is 0 Å². The number of nitrogens with one attached hydrogen (secondary N) is 3. The Balaban J connectivity index is 1.72. The first kappa shape index (κ1) is 20.4. The summed E-state index contributed by atoms with van der Waals surface area (Å²) in [6, 6.07) is 12.0. The topological polar surface area (TPSA) is 113 Å². The lowest BCUT2D eigenvalue weighted by atomic mass is 10.1. The molecule has 0 atom stereocenters. The maximum atomic E-state index is 11.9. The Hall–Kier alpha value is -2.87. The van der Waals surface area contributed by atoms with Crippen molar-refractivity contribution in [2.45, 2.75) is 13.3 Å².